The number of aromatic amines is 1. The van der Waals surface area contributed by atoms with Gasteiger partial charge >= 0.3 is 5.69 Å². The highest BCUT2D eigenvalue weighted by Crippen LogP contribution is 2.24. The Morgan fingerprint density at radius 2 is 1.97 bits per heavy atom. The second kappa shape index (κ2) is 9.20. The van der Waals surface area contributed by atoms with Gasteiger partial charge < -0.3 is 19.7 Å². The van der Waals surface area contributed by atoms with Gasteiger partial charge in [0.25, 0.3) is 5.56 Å². The molecule has 32 heavy (non-hydrogen) atoms. The van der Waals surface area contributed by atoms with Crippen LogP contribution in [0.25, 0.3) is 11.2 Å². The molecule has 1 aromatic carbocycles. The molecule has 0 unspecified atom stereocenters. The largest absolute Gasteiger partial charge is 0.491 e. The number of aliphatic hydroxyl groups is 1. The van der Waals surface area contributed by atoms with E-state index < -0.39 is 17.4 Å². The number of imidazole rings is 1. The lowest BCUT2D eigenvalue weighted by molar-refractivity contribution is 0.0937. The molecule has 9 nitrogen and oxygen atoms in total. The number of rotatable bonds is 7. The van der Waals surface area contributed by atoms with Crippen molar-refractivity contribution in [2.45, 2.75) is 64.6 Å². The smallest absolute Gasteiger partial charge is 0.329 e. The molecule has 3 N–H and O–H groups in total. The van der Waals surface area contributed by atoms with E-state index in [4.69, 9.17) is 4.74 Å². The van der Waals surface area contributed by atoms with E-state index in [-0.39, 0.29) is 24.7 Å². The maximum Gasteiger partial charge on any atom is 0.329 e. The minimum absolute atomic E-state index is 0.0642. The van der Waals surface area contributed by atoms with Crippen LogP contribution < -0.4 is 21.3 Å². The summed E-state index contributed by atoms with van der Waals surface area (Å²) in [5.74, 6) is 1.17. The lowest BCUT2D eigenvalue weighted by Gasteiger charge is -2.24. The number of H-pyrrole nitrogens is 1. The van der Waals surface area contributed by atoms with E-state index in [0.29, 0.717) is 17.3 Å². The van der Waals surface area contributed by atoms with E-state index in [9.17, 15) is 14.7 Å². The molecule has 1 aliphatic rings. The van der Waals surface area contributed by atoms with Crippen LogP contribution in [0.3, 0.4) is 0 Å². The van der Waals surface area contributed by atoms with Gasteiger partial charge in [0.1, 0.15) is 18.5 Å². The number of nitrogens with one attached hydrogen (secondary N) is 2. The molecule has 172 valence electrons. The molecule has 0 radical (unpaired) electrons. The minimum atomic E-state index is -0.877. The summed E-state index contributed by atoms with van der Waals surface area (Å²) in [4.78, 5) is 31.6. The van der Waals surface area contributed by atoms with Crippen LogP contribution in [0.4, 0.5) is 5.95 Å². The summed E-state index contributed by atoms with van der Waals surface area (Å²) >= 11 is 0. The van der Waals surface area contributed by atoms with Crippen LogP contribution in [-0.4, -0.2) is 43.0 Å². The molecular weight excluding hydrogens is 410 g/mol. The minimum Gasteiger partial charge on any atom is -0.491 e. The number of hydrogen-bond acceptors (Lipinski definition) is 6. The zero-order valence-corrected chi connectivity index (χ0v) is 18.9. The van der Waals surface area contributed by atoms with Crippen molar-refractivity contribution >= 4 is 17.1 Å². The molecule has 1 fully saturated rings. The molecular formula is C23H31N5O4. The normalized spacial score (nSPS) is 15.8. The molecule has 3 aromatic rings. The van der Waals surface area contributed by atoms with Crippen LogP contribution in [0.2, 0.25) is 0 Å². The van der Waals surface area contributed by atoms with E-state index in [2.05, 4.69) is 15.3 Å². The molecule has 0 amide bonds. The van der Waals surface area contributed by atoms with Crippen molar-refractivity contribution in [2.24, 2.45) is 7.05 Å². The Bertz CT molecular complexity index is 1220. The zero-order chi connectivity index (χ0) is 22.8. The molecule has 1 atom stereocenters. The summed E-state index contributed by atoms with van der Waals surface area (Å²) in [6.45, 7) is 4.21. The number of aromatic nitrogens is 4. The number of nitrogens with zero attached hydrogens (tertiary/aromatic N) is 3. The predicted octanol–water partition coefficient (Wildman–Crippen LogP) is 2.22. The monoisotopic (exact) mass is 441 g/mol. The van der Waals surface area contributed by atoms with Crippen molar-refractivity contribution in [1.29, 1.82) is 0 Å². The quantitative estimate of drug-likeness (QED) is 0.518. The van der Waals surface area contributed by atoms with E-state index in [1.165, 1.54) is 16.6 Å². The Kier molecular flexibility index (Phi) is 6.36. The molecule has 0 bridgehead atoms. The number of ether oxygens (including phenoxy) is 1. The highest BCUT2D eigenvalue weighted by molar-refractivity contribution is 5.74. The highest BCUT2D eigenvalue weighted by Gasteiger charge is 2.22. The SMILES string of the molecule is Cc1ccc(OC[C@@H](O)Cn2c(NC3CCCCC3)nc3c2c(=O)[nH]c(=O)n3C)cc1C. The number of benzene rings is 1. The van der Waals surface area contributed by atoms with Crippen LogP contribution in [0.5, 0.6) is 5.75 Å². The highest BCUT2D eigenvalue weighted by atomic mass is 16.5. The number of hydrogen-bond donors (Lipinski definition) is 3. The van der Waals surface area contributed by atoms with Gasteiger partial charge in [0.15, 0.2) is 11.2 Å². The fraction of sp³-hybridized carbons (Fsp3) is 0.522. The van der Waals surface area contributed by atoms with E-state index in [1.807, 2.05) is 32.0 Å². The second-order valence-electron chi connectivity index (χ2n) is 8.73. The Hall–Kier alpha value is -3.07. The van der Waals surface area contributed by atoms with Gasteiger partial charge in [-0.3, -0.25) is 14.3 Å². The van der Waals surface area contributed by atoms with Gasteiger partial charge in [0.05, 0.1) is 6.54 Å². The van der Waals surface area contributed by atoms with E-state index in [1.54, 1.807) is 11.6 Å². The van der Waals surface area contributed by atoms with E-state index >= 15 is 0 Å². The Balaban J connectivity index is 1.60. The summed E-state index contributed by atoms with van der Waals surface area (Å²) in [6.07, 6.45) is 4.68. The fourth-order valence-electron chi connectivity index (χ4n) is 4.21. The van der Waals surface area contributed by atoms with Crippen LogP contribution in [-0.2, 0) is 13.6 Å². The van der Waals surface area contributed by atoms with Crippen molar-refractivity contribution in [3.63, 3.8) is 0 Å². The zero-order valence-electron chi connectivity index (χ0n) is 18.9. The first kappa shape index (κ1) is 22.1. The average molecular weight is 442 g/mol. The Labute approximate surface area is 186 Å². The van der Waals surface area contributed by atoms with Gasteiger partial charge in [-0.25, -0.2) is 4.79 Å². The summed E-state index contributed by atoms with van der Waals surface area (Å²) in [5.41, 5.74) is 1.80. The third-order valence-electron chi connectivity index (χ3n) is 6.26. The molecule has 2 aromatic heterocycles. The Morgan fingerprint density at radius 3 is 2.69 bits per heavy atom. The maximum absolute atomic E-state index is 12.6. The first-order valence-corrected chi connectivity index (χ1v) is 11.2. The van der Waals surface area contributed by atoms with Gasteiger partial charge in [-0.1, -0.05) is 25.3 Å². The fourth-order valence-corrected chi connectivity index (χ4v) is 4.21. The van der Waals surface area contributed by atoms with Crippen molar-refractivity contribution in [3.8, 4) is 5.75 Å². The predicted molar refractivity (Wildman–Crippen MR) is 124 cm³/mol. The van der Waals surface area contributed by atoms with E-state index in [0.717, 1.165) is 31.2 Å². The second-order valence-corrected chi connectivity index (χ2v) is 8.73. The van der Waals surface area contributed by atoms with Crippen molar-refractivity contribution in [1.82, 2.24) is 19.1 Å². The summed E-state index contributed by atoms with van der Waals surface area (Å²) in [6, 6.07) is 6.04. The van der Waals surface area contributed by atoms with Gasteiger partial charge in [0.2, 0.25) is 5.95 Å². The molecule has 0 saturated heterocycles. The van der Waals surface area contributed by atoms with Gasteiger partial charge in [0, 0.05) is 13.1 Å². The van der Waals surface area contributed by atoms with Crippen molar-refractivity contribution in [3.05, 3.63) is 50.2 Å². The van der Waals surface area contributed by atoms with Crippen LogP contribution in [0, 0.1) is 13.8 Å². The standard InChI is InChI=1S/C23H31N5O4/c1-14-9-10-18(11-15(14)2)32-13-17(29)12-28-19-20(27(3)23(31)26-21(19)30)25-22(28)24-16-7-5-4-6-8-16/h9-11,16-17,29H,4-8,12-13H2,1-3H3,(H,24,25)(H,26,30,31)/t17-/m0/s1. The lowest BCUT2D eigenvalue weighted by atomic mass is 9.96. The van der Waals surface area contributed by atoms with Crippen molar-refractivity contribution < 1.29 is 9.84 Å². The Morgan fingerprint density at radius 1 is 1.22 bits per heavy atom. The maximum atomic E-state index is 12.6. The number of fused-ring (bicyclic) bond motifs is 1. The summed E-state index contributed by atoms with van der Waals surface area (Å²) in [5, 5.41) is 14.2. The number of anilines is 1. The van der Waals surface area contributed by atoms with Crippen LogP contribution in [0.15, 0.2) is 27.8 Å². The average Bonchev–Trinajstić information content (AvgIpc) is 3.12. The number of aliphatic hydroxyl groups excluding tert-OH is 1. The number of aryl methyl sites for hydroxylation is 3. The molecule has 9 heteroatoms. The molecule has 1 aliphatic carbocycles. The molecule has 0 aliphatic heterocycles. The van der Waals surface area contributed by atoms with Gasteiger partial charge in [-0.05, 0) is 49.9 Å². The topological polar surface area (TPSA) is 114 Å². The molecule has 4 rings (SSSR count). The third kappa shape index (κ3) is 4.57. The van der Waals surface area contributed by atoms with Gasteiger partial charge in [-0.2, -0.15) is 4.98 Å². The van der Waals surface area contributed by atoms with Crippen LogP contribution >= 0.6 is 0 Å². The third-order valence-corrected chi connectivity index (χ3v) is 6.26. The summed E-state index contributed by atoms with van der Waals surface area (Å²) in [7, 11) is 1.57. The first-order valence-electron chi connectivity index (χ1n) is 11.2. The first-order chi connectivity index (χ1) is 15.3. The molecule has 1 saturated carbocycles. The van der Waals surface area contributed by atoms with Crippen molar-refractivity contribution in [2.75, 3.05) is 11.9 Å². The summed E-state index contributed by atoms with van der Waals surface area (Å²) < 4.78 is 8.76. The molecule has 0 spiro atoms. The van der Waals surface area contributed by atoms with Gasteiger partial charge in [-0.15, -0.1) is 0 Å². The van der Waals surface area contributed by atoms with Crippen LogP contribution in [0.1, 0.15) is 43.2 Å². The lowest BCUT2D eigenvalue weighted by Crippen LogP contribution is -2.31. The molecule has 2 heterocycles.